The molecule has 1 aromatic rings. The van der Waals surface area contributed by atoms with E-state index in [9.17, 15) is 4.21 Å². The quantitative estimate of drug-likeness (QED) is 0.484. The van der Waals surface area contributed by atoms with Crippen LogP contribution in [0, 0.1) is 0 Å². The molecule has 0 spiro atoms. The molecule has 0 amide bonds. The summed E-state index contributed by atoms with van der Waals surface area (Å²) >= 11 is 0. The van der Waals surface area contributed by atoms with E-state index in [1.165, 1.54) is 19.3 Å². The van der Waals surface area contributed by atoms with E-state index >= 15 is 0 Å². The molecule has 1 atom stereocenters. The van der Waals surface area contributed by atoms with Crippen molar-refractivity contribution >= 4 is 24.0 Å². The Bertz CT molecular complexity index is 665. The van der Waals surface area contributed by atoms with Crippen LogP contribution in [0.2, 0.25) is 0 Å². The molecule has 28 heavy (non-hydrogen) atoms. The van der Waals surface area contributed by atoms with Gasteiger partial charge >= 0.3 is 0 Å². The molecule has 1 saturated carbocycles. The van der Waals surface area contributed by atoms with E-state index in [4.69, 9.17) is 9.47 Å². The first kappa shape index (κ1) is 23.7. The van der Waals surface area contributed by atoms with Crippen LogP contribution in [-0.2, 0) is 10.8 Å². The predicted octanol–water partition coefficient (Wildman–Crippen LogP) is 6.24. The second-order valence-corrected chi connectivity index (χ2v) is 14.8. The van der Waals surface area contributed by atoms with Crippen LogP contribution in [0.4, 0.5) is 0 Å². The Hall–Kier alpha value is -0.600. The highest BCUT2D eigenvalue weighted by Crippen LogP contribution is 2.51. The van der Waals surface area contributed by atoms with E-state index in [1.807, 2.05) is 32.9 Å². The second kappa shape index (κ2) is 9.94. The van der Waals surface area contributed by atoms with Gasteiger partial charge in [0.1, 0.15) is 0 Å². The third-order valence-corrected chi connectivity index (χ3v) is 10.4. The molecular formula is C23H39O3PS. The third-order valence-electron chi connectivity index (χ3n) is 5.24. The summed E-state index contributed by atoms with van der Waals surface area (Å²) < 4.78 is 25.6. The average Bonchev–Trinajstić information content (AvgIpc) is 2.61. The Kier molecular flexibility index (Phi) is 8.40. The Morgan fingerprint density at radius 1 is 1.04 bits per heavy atom. The maximum atomic E-state index is 13.5. The van der Waals surface area contributed by atoms with Gasteiger partial charge in [0.25, 0.3) is 0 Å². The lowest BCUT2D eigenvalue weighted by molar-refractivity contribution is 0.151. The minimum Gasteiger partial charge on any atom is -0.493 e. The number of benzene rings is 1. The van der Waals surface area contributed by atoms with Gasteiger partial charge in [-0.05, 0) is 69.9 Å². The summed E-state index contributed by atoms with van der Waals surface area (Å²) in [6.07, 6.45) is 6.16. The molecule has 0 N–H and O–H groups in total. The van der Waals surface area contributed by atoms with Crippen LogP contribution < -0.4 is 14.8 Å². The molecule has 0 radical (unpaired) electrons. The molecule has 1 fully saturated rings. The van der Waals surface area contributed by atoms with Crippen LogP contribution in [0.25, 0.3) is 0 Å². The lowest BCUT2D eigenvalue weighted by Crippen LogP contribution is -2.30. The van der Waals surface area contributed by atoms with Crippen molar-refractivity contribution in [2.45, 2.75) is 108 Å². The van der Waals surface area contributed by atoms with E-state index in [2.05, 4.69) is 27.7 Å². The van der Waals surface area contributed by atoms with Crippen LogP contribution >= 0.6 is 7.92 Å². The normalized spacial score (nSPS) is 17.4. The number of methoxy groups -OCH3 is 1. The van der Waals surface area contributed by atoms with E-state index in [1.54, 1.807) is 7.11 Å². The van der Waals surface area contributed by atoms with Crippen molar-refractivity contribution in [1.29, 1.82) is 0 Å². The average molecular weight is 427 g/mol. The summed E-state index contributed by atoms with van der Waals surface area (Å²) in [5.41, 5.74) is 0.957. The number of ether oxygens (including phenoxy) is 2. The fourth-order valence-corrected chi connectivity index (χ4v) is 8.63. The molecule has 0 unspecified atom stereocenters. The molecule has 5 heteroatoms. The van der Waals surface area contributed by atoms with Crippen molar-refractivity contribution in [2.75, 3.05) is 7.11 Å². The molecule has 2 rings (SSSR count). The van der Waals surface area contributed by atoms with E-state index in [0.717, 1.165) is 34.5 Å². The van der Waals surface area contributed by atoms with Gasteiger partial charge in [0.2, 0.25) is 0 Å². The van der Waals surface area contributed by atoms with Crippen molar-refractivity contribution in [2.24, 2.45) is 0 Å². The molecular weight excluding hydrogens is 387 g/mol. The zero-order valence-corrected chi connectivity index (χ0v) is 20.7. The van der Waals surface area contributed by atoms with Gasteiger partial charge in [-0.25, -0.2) is 0 Å². The topological polar surface area (TPSA) is 35.5 Å². The monoisotopic (exact) mass is 426 g/mol. The van der Waals surface area contributed by atoms with Crippen LogP contribution in [0.15, 0.2) is 17.0 Å². The molecule has 0 saturated heterocycles. The maximum Gasteiger partial charge on any atom is 0.170 e. The smallest absolute Gasteiger partial charge is 0.170 e. The minimum atomic E-state index is -1.11. The van der Waals surface area contributed by atoms with Gasteiger partial charge in [-0.2, -0.15) is 0 Å². The molecule has 1 aromatic carbocycles. The van der Waals surface area contributed by atoms with E-state index < -0.39 is 18.7 Å². The fraction of sp³-hybridized carbons (Fsp3) is 0.739. The van der Waals surface area contributed by atoms with E-state index in [0.29, 0.717) is 11.3 Å². The van der Waals surface area contributed by atoms with Crippen molar-refractivity contribution < 1.29 is 13.7 Å². The summed E-state index contributed by atoms with van der Waals surface area (Å²) in [4.78, 5) is 0.938. The Morgan fingerprint density at radius 3 is 2.07 bits per heavy atom. The van der Waals surface area contributed by atoms with Crippen molar-refractivity contribution in [3.63, 3.8) is 0 Å². The maximum absolute atomic E-state index is 13.5. The molecule has 1 aliphatic carbocycles. The Labute approximate surface area is 176 Å². The molecule has 0 bridgehead atoms. The highest BCUT2D eigenvalue weighted by Gasteiger charge is 2.34. The number of hydrogen-bond acceptors (Lipinski definition) is 3. The van der Waals surface area contributed by atoms with Gasteiger partial charge in [0.05, 0.1) is 28.9 Å². The second-order valence-electron chi connectivity index (χ2n) is 9.30. The van der Waals surface area contributed by atoms with Gasteiger partial charge in [-0.15, -0.1) is 0 Å². The summed E-state index contributed by atoms with van der Waals surface area (Å²) in [6, 6.07) is 3.97. The summed E-state index contributed by atoms with van der Waals surface area (Å²) in [6.45, 7) is 15.3. The summed E-state index contributed by atoms with van der Waals surface area (Å²) in [5.74, 6) is 1.64. The van der Waals surface area contributed by atoms with Crippen LogP contribution in [0.3, 0.4) is 0 Å². The highest BCUT2D eigenvalue weighted by molar-refractivity contribution is 7.87. The van der Waals surface area contributed by atoms with Gasteiger partial charge in [-0.3, -0.25) is 4.21 Å². The SMILES string of the molecule is COc1ccc([S@](=O)C(C)(C)C)c(P(C(C)C)C(C)C)c1OC1CCCCC1. The Balaban J connectivity index is 2.69. The zero-order valence-electron chi connectivity index (χ0n) is 19.0. The number of rotatable bonds is 7. The van der Waals surface area contributed by atoms with Crippen LogP contribution in [-0.4, -0.2) is 33.5 Å². The summed E-state index contributed by atoms with van der Waals surface area (Å²) in [7, 11) is 0.0544. The molecule has 1 aliphatic rings. The number of hydrogen-bond donors (Lipinski definition) is 0. The Morgan fingerprint density at radius 2 is 1.61 bits per heavy atom. The first-order valence-electron chi connectivity index (χ1n) is 10.7. The minimum absolute atomic E-state index is 0.232. The lowest BCUT2D eigenvalue weighted by atomic mass is 9.98. The van der Waals surface area contributed by atoms with Gasteiger partial charge in [0, 0.05) is 10.1 Å². The van der Waals surface area contributed by atoms with Crippen molar-refractivity contribution in [1.82, 2.24) is 0 Å². The first-order valence-corrected chi connectivity index (χ1v) is 13.3. The zero-order chi connectivity index (χ0) is 21.1. The van der Waals surface area contributed by atoms with Crippen LogP contribution in [0.1, 0.15) is 80.6 Å². The largest absolute Gasteiger partial charge is 0.493 e. The van der Waals surface area contributed by atoms with Gasteiger partial charge in [0.15, 0.2) is 11.5 Å². The van der Waals surface area contributed by atoms with Crippen LogP contribution in [0.5, 0.6) is 11.5 Å². The fourth-order valence-electron chi connectivity index (χ4n) is 4.00. The molecule has 0 heterocycles. The lowest BCUT2D eigenvalue weighted by Gasteiger charge is -2.34. The highest BCUT2D eigenvalue weighted by atomic mass is 32.2. The molecule has 0 aliphatic heterocycles. The first-order chi connectivity index (χ1) is 13.1. The molecule has 160 valence electrons. The summed E-state index contributed by atoms with van der Waals surface area (Å²) in [5, 5.41) is 1.16. The predicted molar refractivity (Wildman–Crippen MR) is 123 cm³/mol. The van der Waals surface area contributed by atoms with Crippen molar-refractivity contribution in [3.05, 3.63) is 12.1 Å². The molecule has 3 nitrogen and oxygen atoms in total. The van der Waals surface area contributed by atoms with Gasteiger partial charge < -0.3 is 9.47 Å². The van der Waals surface area contributed by atoms with Crippen molar-refractivity contribution in [3.8, 4) is 11.5 Å². The standard InChI is InChI=1S/C23H39O3PS/c1-16(2)27(17(3)4)22-20(28(24)23(5,6)7)15-14-19(25-8)21(22)26-18-12-10-9-11-13-18/h14-18H,9-13H2,1-8H3/t28-/m0/s1. The molecule has 0 aromatic heterocycles. The third kappa shape index (κ3) is 5.51. The van der Waals surface area contributed by atoms with E-state index in [-0.39, 0.29) is 10.9 Å². The van der Waals surface area contributed by atoms with Gasteiger partial charge in [-0.1, -0.05) is 42.0 Å².